The van der Waals surface area contributed by atoms with Crippen molar-refractivity contribution in [3.8, 4) is 0 Å². The summed E-state index contributed by atoms with van der Waals surface area (Å²) in [7, 11) is 1.86. The van der Waals surface area contributed by atoms with E-state index in [9.17, 15) is 4.79 Å². The van der Waals surface area contributed by atoms with Crippen molar-refractivity contribution in [1.82, 2.24) is 4.90 Å². The van der Waals surface area contributed by atoms with Gasteiger partial charge in [0.1, 0.15) is 6.54 Å². The Bertz CT molecular complexity index is 171. The summed E-state index contributed by atoms with van der Waals surface area (Å²) < 4.78 is 0. The van der Waals surface area contributed by atoms with Gasteiger partial charge in [-0.2, -0.15) is 4.99 Å². The van der Waals surface area contributed by atoms with Gasteiger partial charge in [0.15, 0.2) is 5.17 Å². The molecule has 0 atom stereocenters. The standard InChI is InChI=1S/C5H8N2OS.HI/c1-7-3-4(8)6-5(7)9-2;/h3H2,1-2H3;1H. The smallest absolute Gasteiger partial charge is 0.267 e. The molecule has 0 fully saturated rings. The predicted octanol–water partition coefficient (Wildman–Crippen LogP) is 0.795. The van der Waals surface area contributed by atoms with Crippen LogP contribution in [-0.4, -0.2) is 35.8 Å². The van der Waals surface area contributed by atoms with Crippen LogP contribution in [0.25, 0.3) is 0 Å². The van der Waals surface area contributed by atoms with Crippen LogP contribution in [0.4, 0.5) is 0 Å². The molecule has 58 valence electrons. The summed E-state index contributed by atoms with van der Waals surface area (Å²) in [5.74, 6) is -0.0400. The van der Waals surface area contributed by atoms with Crippen molar-refractivity contribution >= 4 is 46.8 Å². The number of rotatable bonds is 0. The van der Waals surface area contributed by atoms with Gasteiger partial charge in [-0.3, -0.25) is 4.79 Å². The van der Waals surface area contributed by atoms with E-state index in [-0.39, 0.29) is 29.9 Å². The Hall–Kier alpha value is 0.220. The summed E-state index contributed by atoms with van der Waals surface area (Å²) in [4.78, 5) is 16.2. The second-order valence-corrected chi connectivity index (χ2v) is 2.62. The minimum atomic E-state index is -0.0400. The first-order valence-electron chi connectivity index (χ1n) is 2.60. The van der Waals surface area contributed by atoms with Gasteiger partial charge in [-0.05, 0) is 6.26 Å². The molecule has 0 aromatic rings. The predicted molar refractivity (Wildman–Crippen MR) is 54.0 cm³/mol. The number of aliphatic imine (C=N–C) groups is 1. The zero-order valence-corrected chi connectivity index (χ0v) is 8.97. The van der Waals surface area contributed by atoms with Crippen molar-refractivity contribution in [3.63, 3.8) is 0 Å². The summed E-state index contributed by atoms with van der Waals surface area (Å²) in [6, 6.07) is 0. The van der Waals surface area contributed by atoms with E-state index in [0.717, 1.165) is 5.17 Å². The average molecular weight is 272 g/mol. The zero-order valence-electron chi connectivity index (χ0n) is 5.83. The number of thioether (sulfide) groups is 1. The lowest BCUT2D eigenvalue weighted by Gasteiger charge is -2.08. The number of hydrogen-bond donors (Lipinski definition) is 0. The summed E-state index contributed by atoms with van der Waals surface area (Å²) >= 11 is 1.50. The highest BCUT2D eigenvalue weighted by Gasteiger charge is 2.17. The first-order valence-corrected chi connectivity index (χ1v) is 3.83. The van der Waals surface area contributed by atoms with Gasteiger partial charge in [-0.1, -0.05) is 11.8 Å². The second kappa shape index (κ2) is 4.17. The maximum Gasteiger partial charge on any atom is 0.267 e. The summed E-state index contributed by atoms with van der Waals surface area (Å²) in [6.45, 7) is 0.441. The first kappa shape index (κ1) is 10.2. The number of halogens is 1. The molecule has 5 heteroatoms. The number of nitrogens with zero attached hydrogens (tertiary/aromatic N) is 2. The van der Waals surface area contributed by atoms with Gasteiger partial charge in [0.05, 0.1) is 0 Å². The molecule has 1 amide bonds. The molecular weight excluding hydrogens is 263 g/mol. The lowest BCUT2D eigenvalue weighted by Crippen LogP contribution is -2.20. The van der Waals surface area contributed by atoms with E-state index >= 15 is 0 Å². The fourth-order valence-corrected chi connectivity index (χ4v) is 1.27. The molecule has 0 saturated heterocycles. The van der Waals surface area contributed by atoms with Crippen molar-refractivity contribution < 1.29 is 4.79 Å². The number of carbonyl (C=O) groups is 1. The fourth-order valence-electron chi connectivity index (χ4n) is 0.699. The number of hydrogen-bond acceptors (Lipinski definition) is 3. The molecule has 10 heavy (non-hydrogen) atoms. The van der Waals surface area contributed by atoms with Gasteiger partial charge in [-0.15, -0.1) is 24.0 Å². The van der Waals surface area contributed by atoms with E-state index in [1.165, 1.54) is 11.8 Å². The SMILES string of the molecule is CSC1=NC(=O)CN1C.I. The summed E-state index contributed by atoms with van der Waals surface area (Å²) in [6.07, 6.45) is 1.91. The Balaban J connectivity index is 0.000000810. The molecule has 0 saturated carbocycles. The van der Waals surface area contributed by atoms with Crippen LogP contribution in [-0.2, 0) is 4.79 Å². The molecule has 0 spiro atoms. The van der Waals surface area contributed by atoms with Gasteiger partial charge >= 0.3 is 0 Å². The Labute approximate surface area is 81.3 Å². The van der Waals surface area contributed by atoms with E-state index in [0.29, 0.717) is 6.54 Å². The minimum Gasteiger partial charge on any atom is -0.345 e. The molecular formula is C5H9IN2OS. The first-order chi connectivity index (χ1) is 4.24. The van der Waals surface area contributed by atoms with Crippen LogP contribution in [0, 0.1) is 0 Å². The molecule has 0 radical (unpaired) electrons. The van der Waals surface area contributed by atoms with Crippen LogP contribution in [0.3, 0.4) is 0 Å². The Morgan fingerprint density at radius 2 is 2.30 bits per heavy atom. The fraction of sp³-hybridized carbons (Fsp3) is 0.600. The van der Waals surface area contributed by atoms with Gasteiger partial charge in [0.25, 0.3) is 5.91 Å². The highest BCUT2D eigenvalue weighted by atomic mass is 127. The van der Waals surface area contributed by atoms with Gasteiger partial charge in [0.2, 0.25) is 0 Å². The number of amides is 1. The van der Waals surface area contributed by atoms with Crippen molar-refractivity contribution in [2.24, 2.45) is 4.99 Å². The summed E-state index contributed by atoms with van der Waals surface area (Å²) in [5, 5.41) is 0.819. The molecule has 0 aromatic carbocycles. The molecule has 0 N–H and O–H groups in total. The highest BCUT2D eigenvalue weighted by molar-refractivity contribution is 14.0. The normalized spacial score (nSPS) is 16.8. The van der Waals surface area contributed by atoms with Crippen LogP contribution in [0.2, 0.25) is 0 Å². The van der Waals surface area contributed by atoms with E-state index < -0.39 is 0 Å². The average Bonchev–Trinajstić information content (AvgIpc) is 2.10. The van der Waals surface area contributed by atoms with Crippen LogP contribution >= 0.6 is 35.7 Å². The van der Waals surface area contributed by atoms with Crippen LogP contribution in [0.15, 0.2) is 4.99 Å². The molecule has 1 rings (SSSR count). The minimum absolute atomic E-state index is 0. The van der Waals surface area contributed by atoms with E-state index in [4.69, 9.17) is 0 Å². The molecule has 0 bridgehead atoms. The topological polar surface area (TPSA) is 32.7 Å². The van der Waals surface area contributed by atoms with Gasteiger partial charge in [0, 0.05) is 7.05 Å². The van der Waals surface area contributed by atoms with Gasteiger partial charge < -0.3 is 4.90 Å². The van der Waals surface area contributed by atoms with Crippen LogP contribution in [0.1, 0.15) is 0 Å². The Morgan fingerprint density at radius 3 is 2.50 bits per heavy atom. The van der Waals surface area contributed by atoms with E-state index in [2.05, 4.69) is 4.99 Å². The third kappa shape index (κ3) is 2.12. The molecule has 0 aliphatic carbocycles. The highest BCUT2D eigenvalue weighted by Crippen LogP contribution is 2.08. The lowest BCUT2D eigenvalue weighted by molar-refractivity contribution is -0.116. The molecule has 0 unspecified atom stereocenters. The third-order valence-electron chi connectivity index (χ3n) is 1.10. The van der Waals surface area contributed by atoms with Crippen molar-refractivity contribution in [2.75, 3.05) is 19.8 Å². The van der Waals surface area contributed by atoms with Crippen molar-refractivity contribution in [1.29, 1.82) is 0 Å². The molecule has 3 nitrogen and oxygen atoms in total. The maximum absolute atomic E-state index is 10.6. The zero-order chi connectivity index (χ0) is 6.85. The van der Waals surface area contributed by atoms with Crippen molar-refractivity contribution in [3.05, 3.63) is 0 Å². The van der Waals surface area contributed by atoms with E-state index in [1.54, 1.807) is 0 Å². The molecule has 1 aliphatic rings. The number of amidine groups is 1. The lowest BCUT2D eigenvalue weighted by atomic mass is 10.6. The summed E-state index contributed by atoms with van der Waals surface area (Å²) in [5.41, 5.74) is 0. The third-order valence-corrected chi connectivity index (χ3v) is 1.87. The van der Waals surface area contributed by atoms with Crippen LogP contribution in [0.5, 0.6) is 0 Å². The monoisotopic (exact) mass is 272 g/mol. The molecule has 1 heterocycles. The van der Waals surface area contributed by atoms with Crippen molar-refractivity contribution in [2.45, 2.75) is 0 Å². The number of likely N-dealkylation sites (N-methyl/N-ethyl adjacent to an activating group) is 1. The molecule has 0 aromatic heterocycles. The van der Waals surface area contributed by atoms with Gasteiger partial charge in [-0.25, -0.2) is 0 Å². The number of carbonyl (C=O) groups excluding carboxylic acids is 1. The Kier molecular flexibility index (Phi) is 4.26. The Morgan fingerprint density at radius 1 is 1.70 bits per heavy atom. The second-order valence-electron chi connectivity index (χ2n) is 1.85. The quantitative estimate of drug-likeness (QED) is 0.611. The van der Waals surface area contributed by atoms with E-state index in [1.807, 2.05) is 18.2 Å². The largest absolute Gasteiger partial charge is 0.345 e. The molecule has 1 aliphatic heterocycles. The van der Waals surface area contributed by atoms with Crippen LogP contribution < -0.4 is 0 Å². The maximum atomic E-state index is 10.6.